The van der Waals surface area contributed by atoms with Crippen LogP contribution in [0.2, 0.25) is 5.02 Å². The van der Waals surface area contributed by atoms with Crippen LogP contribution in [0.4, 0.5) is 0 Å². The lowest BCUT2D eigenvalue weighted by atomic mass is 10.1. The van der Waals surface area contributed by atoms with Gasteiger partial charge >= 0.3 is 0 Å². The van der Waals surface area contributed by atoms with E-state index in [1.54, 1.807) is 18.9 Å². The van der Waals surface area contributed by atoms with Gasteiger partial charge in [-0.2, -0.15) is 0 Å². The Morgan fingerprint density at radius 2 is 1.82 bits per heavy atom. The first-order valence-corrected chi connectivity index (χ1v) is 9.77. The second kappa shape index (κ2) is 10.7. The van der Waals surface area contributed by atoms with Crippen molar-refractivity contribution in [3.63, 3.8) is 0 Å². The average Bonchev–Trinajstić information content (AvgIpc) is 2.71. The van der Waals surface area contributed by atoms with Crippen LogP contribution in [0.5, 0.6) is 5.75 Å². The maximum absolute atomic E-state index is 13.0. The van der Waals surface area contributed by atoms with Gasteiger partial charge in [-0.3, -0.25) is 9.59 Å². The van der Waals surface area contributed by atoms with Crippen LogP contribution >= 0.6 is 11.6 Å². The van der Waals surface area contributed by atoms with Gasteiger partial charge in [0.05, 0.1) is 7.11 Å². The third-order valence-corrected chi connectivity index (χ3v) is 4.97. The molecule has 0 aliphatic rings. The largest absolute Gasteiger partial charge is 0.497 e. The quantitative estimate of drug-likeness (QED) is 0.693. The van der Waals surface area contributed by atoms with Gasteiger partial charge in [0.1, 0.15) is 11.8 Å². The van der Waals surface area contributed by atoms with Crippen molar-refractivity contribution in [3.8, 4) is 5.75 Å². The molecule has 5 nitrogen and oxygen atoms in total. The van der Waals surface area contributed by atoms with Crippen molar-refractivity contribution in [3.05, 3.63) is 64.7 Å². The molecular weight excluding hydrogens is 376 g/mol. The molecule has 0 radical (unpaired) electrons. The number of nitrogens with zero attached hydrogens (tertiary/aromatic N) is 1. The van der Waals surface area contributed by atoms with Crippen LogP contribution in [0.3, 0.4) is 0 Å². The van der Waals surface area contributed by atoms with E-state index in [0.29, 0.717) is 24.5 Å². The summed E-state index contributed by atoms with van der Waals surface area (Å²) in [4.78, 5) is 27.0. The maximum atomic E-state index is 13.0. The molecule has 28 heavy (non-hydrogen) atoms. The summed E-state index contributed by atoms with van der Waals surface area (Å²) < 4.78 is 5.18. The van der Waals surface area contributed by atoms with Crippen molar-refractivity contribution in [2.75, 3.05) is 13.7 Å². The SMILES string of the molecule is CCNC(=O)C(C)N(Cc1ccc(OC)cc1)C(=O)CCc1ccccc1Cl. The van der Waals surface area contributed by atoms with E-state index in [4.69, 9.17) is 16.3 Å². The summed E-state index contributed by atoms with van der Waals surface area (Å²) >= 11 is 6.20. The van der Waals surface area contributed by atoms with Gasteiger partial charge in [0.2, 0.25) is 11.8 Å². The standard InChI is InChI=1S/C22H27ClN2O3/c1-4-24-22(27)16(2)25(15-17-9-12-19(28-3)13-10-17)21(26)14-11-18-7-5-6-8-20(18)23/h5-10,12-13,16H,4,11,14-15H2,1-3H3,(H,24,27). The Balaban J connectivity index is 2.14. The summed E-state index contributed by atoms with van der Waals surface area (Å²) in [5, 5.41) is 3.44. The predicted molar refractivity (Wildman–Crippen MR) is 111 cm³/mol. The number of halogens is 1. The van der Waals surface area contributed by atoms with Gasteiger partial charge in [-0.1, -0.05) is 41.9 Å². The highest BCUT2D eigenvalue weighted by Gasteiger charge is 2.25. The number of hydrogen-bond donors (Lipinski definition) is 1. The number of carbonyl (C=O) groups excluding carboxylic acids is 2. The van der Waals surface area contributed by atoms with Crippen molar-refractivity contribution in [1.82, 2.24) is 10.2 Å². The fourth-order valence-corrected chi connectivity index (χ4v) is 3.15. The van der Waals surface area contributed by atoms with Crippen molar-refractivity contribution < 1.29 is 14.3 Å². The maximum Gasteiger partial charge on any atom is 0.242 e. The summed E-state index contributed by atoms with van der Waals surface area (Å²) in [5.41, 5.74) is 1.86. The highest BCUT2D eigenvalue weighted by Crippen LogP contribution is 2.19. The Morgan fingerprint density at radius 3 is 2.43 bits per heavy atom. The Hall–Kier alpha value is -2.53. The zero-order chi connectivity index (χ0) is 20.5. The minimum Gasteiger partial charge on any atom is -0.497 e. The van der Waals surface area contributed by atoms with E-state index in [-0.39, 0.29) is 18.2 Å². The van der Waals surface area contributed by atoms with E-state index in [9.17, 15) is 9.59 Å². The summed E-state index contributed by atoms with van der Waals surface area (Å²) in [6, 6.07) is 14.4. The predicted octanol–water partition coefficient (Wildman–Crippen LogP) is 3.83. The third-order valence-electron chi connectivity index (χ3n) is 4.60. The number of aryl methyl sites for hydroxylation is 1. The van der Waals surface area contributed by atoms with Crippen molar-refractivity contribution in [2.24, 2.45) is 0 Å². The van der Waals surface area contributed by atoms with Gasteiger partial charge in [-0.05, 0) is 49.6 Å². The van der Waals surface area contributed by atoms with Crippen LogP contribution in [0, 0.1) is 0 Å². The molecule has 150 valence electrons. The lowest BCUT2D eigenvalue weighted by Gasteiger charge is -2.29. The number of amides is 2. The first-order valence-electron chi connectivity index (χ1n) is 9.39. The van der Waals surface area contributed by atoms with Crippen molar-refractivity contribution in [1.29, 1.82) is 0 Å². The zero-order valence-electron chi connectivity index (χ0n) is 16.6. The molecule has 0 spiro atoms. The summed E-state index contributed by atoms with van der Waals surface area (Å²) in [7, 11) is 1.61. The molecule has 6 heteroatoms. The minimum absolute atomic E-state index is 0.0884. The van der Waals surface area contributed by atoms with Gasteiger partial charge in [-0.15, -0.1) is 0 Å². The molecule has 2 rings (SSSR count). The molecule has 0 saturated heterocycles. The number of likely N-dealkylation sites (N-methyl/N-ethyl adjacent to an activating group) is 1. The summed E-state index contributed by atoms with van der Waals surface area (Å²) in [6.45, 7) is 4.48. The number of benzene rings is 2. The Morgan fingerprint density at radius 1 is 1.14 bits per heavy atom. The third kappa shape index (κ3) is 5.99. The first-order chi connectivity index (χ1) is 13.5. The monoisotopic (exact) mass is 402 g/mol. The van der Waals surface area contributed by atoms with Crippen molar-refractivity contribution >= 4 is 23.4 Å². The van der Waals surface area contributed by atoms with Gasteiger partial charge in [-0.25, -0.2) is 0 Å². The lowest BCUT2D eigenvalue weighted by molar-refractivity contribution is -0.140. The lowest BCUT2D eigenvalue weighted by Crippen LogP contribution is -2.47. The minimum atomic E-state index is -0.569. The molecule has 0 aromatic heterocycles. The molecular formula is C22H27ClN2O3. The summed E-state index contributed by atoms with van der Waals surface area (Å²) in [6.07, 6.45) is 0.809. The second-order valence-corrected chi connectivity index (χ2v) is 6.94. The molecule has 0 saturated carbocycles. The zero-order valence-corrected chi connectivity index (χ0v) is 17.3. The normalized spacial score (nSPS) is 11.6. The average molecular weight is 403 g/mol. The molecule has 0 fully saturated rings. The number of hydrogen-bond acceptors (Lipinski definition) is 3. The Bertz CT molecular complexity index is 793. The van der Waals surface area contributed by atoms with Gasteiger partial charge < -0.3 is 15.0 Å². The highest BCUT2D eigenvalue weighted by molar-refractivity contribution is 6.31. The molecule has 0 bridgehead atoms. The number of rotatable bonds is 9. The van der Waals surface area contributed by atoms with E-state index in [2.05, 4.69) is 5.32 Å². The molecule has 2 aromatic carbocycles. The molecule has 1 unspecified atom stereocenters. The number of methoxy groups -OCH3 is 1. The van der Waals surface area contributed by atoms with Gasteiger partial charge in [0, 0.05) is 24.5 Å². The second-order valence-electron chi connectivity index (χ2n) is 6.53. The fourth-order valence-electron chi connectivity index (χ4n) is 2.92. The molecule has 0 aliphatic heterocycles. The topological polar surface area (TPSA) is 58.6 Å². The molecule has 2 aromatic rings. The van der Waals surface area contributed by atoms with Crippen LogP contribution in [0.25, 0.3) is 0 Å². The van der Waals surface area contributed by atoms with E-state index in [1.165, 1.54) is 0 Å². The summed E-state index contributed by atoms with van der Waals surface area (Å²) in [5.74, 6) is 0.494. The smallest absolute Gasteiger partial charge is 0.242 e. The fraction of sp³-hybridized carbons (Fsp3) is 0.364. The van der Waals surface area contributed by atoms with Crippen LogP contribution in [-0.4, -0.2) is 36.4 Å². The molecule has 1 atom stereocenters. The van der Waals surface area contributed by atoms with E-state index >= 15 is 0 Å². The number of ether oxygens (including phenoxy) is 1. The molecule has 0 heterocycles. The van der Waals surface area contributed by atoms with E-state index < -0.39 is 6.04 Å². The van der Waals surface area contributed by atoms with Gasteiger partial charge in [0.25, 0.3) is 0 Å². The Labute approximate surface area is 171 Å². The van der Waals surface area contributed by atoms with E-state index in [1.807, 2.05) is 55.5 Å². The van der Waals surface area contributed by atoms with Crippen LogP contribution < -0.4 is 10.1 Å². The van der Waals surface area contributed by atoms with Crippen LogP contribution in [0.1, 0.15) is 31.4 Å². The molecule has 1 N–H and O–H groups in total. The molecule has 2 amide bonds. The van der Waals surface area contributed by atoms with Crippen molar-refractivity contribution in [2.45, 2.75) is 39.3 Å². The van der Waals surface area contributed by atoms with E-state index in [0.717, 1.165) is 16.9 Å². The van der Waals surface area contributed by atoms with Gasteiger partial charge in [0.15, 0.2) is 0 Å². The van der Waals surface area contributed by atoms with Crippen LogP contribution in [0.15, 0.2) is 48.5 Å². The number of nitrogens with one attached hydrogen (secondary N) is 1. The number of carbonyl (C=O) groups is 2. The Kier molecular flexibility index (Phi) is 8.33. The highest BCUT2D eigenvalue weighted by atomic mass is 35.5. The van der Waals surface area contributed by atoms with Crippen LogP contribution in [-0.2, 0) is 22.6 Å². The molecule has 0 aliphatic carbocycles. The first kappa shape index (κ1) is 21.8.